The number of aryl methyl sites for hydroxylation is 2. The van der Waals surface area contributed by atoms with Crippen LogP contribution in [0.3, 0.4) is 0 Å². The highest BCUT2D eigenvalue weighted by Crippen LogP contribution is 2.41. The Morgan fingerprint density at radius 3 is 2.06 bits per heavy atom. The molecule has 34 heavy (non-hydrogen) atoms. The molecule has 1 aromatic heterocycles. The predicted molar refractivity (Wildman–Crippen MR) is 142 cm³/mol. The molecular weight excluding hydrogens is 418 g/mol. The molecule has 0 fully saturated rings. The van der Waals surface area contributed by atoms with Crippen molar-refractivity contribution >= 4 is 5.78 Å². The Kier molecular flexibility index (Phi) is 7.97. The molecule has 3 heteroatoms. The van der Waals surface area contributed by atoms with Crippen LogP contribution in [0.15, 0.2) is 60.9 Å². The van der Waals surface area contributed by atoms with Gasteiger partial charge in [-0.15, -0.1) is 0 Å². The average Bonchev–Trinajstić information content (AvgIpc) is 2.84. The fraction of sp³-hybridized carbons (Fsp3) is 0.419. The van der Waals surface area contributed by atoms with Gasteiger partial charge < -0.3 is 4.74 Å². The number of ketones is 1. The number of Topliss-reactive ketones (excluding diaryl/α,β-unsaturated/α-hetero) is 1. The topological polar surface area (TPSA) is 39.2 Å². The summed E-state index contributed by atoms with van der Waals surface area (Å²) in [5.74, 6) is 0.883. The molecule has 0 aliphatic carbocycles. The lowest BCUT2D eigenvalue weighted by molar-refractivity contribution is -0.128. The van der Waals surface area contributed by atoms with Crippen molar-refractivity contribution < 1.29 is 9.53 Å². The number of hydrogen-bond acceptors (Lipinski definition) is 3. The van der Waals surface area contributed by atoms with Crippen LogP contribution in [-0.4, -0.2) is 17.4 Å². The van der Waals surface area contributed by atoms with Crippen molar-refractivity contribution in [1.29, 1.82) is 0 Å². The van der Waals surface area contributed by atoms with Gasteiger partial charge in [-0.1, -0.05) is 77.9 Å². The number of benzene rings is 2. The Morgan fingerprint density at radius 1 is 0.853 bits per heavy atom. The number of aromatic nitrogens is 1. The molecule has 0 saturated carbocycles. The molecule has 0 spiro atoms. The van der Waals surface area contributed by atoms with Gasteiger partial charge in [0.25, 0.3) is 0 Å². The van der Waals surface area contributed by atoms with E-state index in [9.17, 15) is 4.79 Å². The quantitative estimate of drug-likeness (QED) is 0.330. The van der Waals surface area contributed by atoms with Crippen LogP contribution in [0.5, 0.6) is 5.75 Å². The van der Waals surface area contributed by atoms with Crippen molar-refractivity contribution in [3.05, 3.63) is 83.2 Å². The summed E-state index contributed by atoms with van der Waals surface area (Å²) < 4.78 is 5.89. The molecule has 0 amide bonds. The normalized spacial score (nSPS) is 12.0. The Balaban J connectivity index is 1.89. The van der Waals surface area contributed by atoms with E-state index in [0.29, 0.717) is 0 Å². The predicted octanol–water partition coefficient (Wildman–Crippen LogP) is 7.72. The zero-order chi connectivity index (χ0) is 24.9. The number of pyridine rings is 1. The highest BCUT2D eigenvalue weighted by molar-refractivity contribution is 5.85. The van der Waals surface area contributed by atoms with Crippen LogP contribution in [0.4, 0.5) is 0 Å². The van der Waals surface area contributed by atoms with Crippen molar-refractivity contribution in [2.24, 2.45) is 5.41 Å². The summed E-state index contributed by atoms with van der Waals surface area (Å²) in [7, 11) is 0. The van der Waals surface area contributed by atoms with Crippen LogP contribution < -0.4 is 4.74 Å². The van der Waals surface area contributed by atoms with Crippen molar-refractivity contribution in [2.75, 3.05) is 6.61 Å². The lowest BCUT2D eigenvalue weighted by atomic mass is 9.70. The largest absolute Gasteiger partial charge is 0.486 e. The van der Waals surface area contributed by atoms with Gasteiger partial charge in [0.2, 0.25) is 0 Å². The minimum atomic E-state index is -0.395. The molecule has 0 aliphatic heterocycles. The second kappa shape index (κ2) is 10.5. The monoisotopic (exact) mass is 457 g/mol. The maximum absolute atomic E-state index is 12.3. The number of carbonyl (C=O) groups is 1. The summed E-state index contributed by atoms with van der Waals surface area (Å²) in [5, 5.41) is 0. The van der Waals surface area contributed by atoms with E-state index in [2.05, 4.69) is 75.1 Å². The van der Waals surface area contributed by atoms with E-state index < -0.39 is 5.41 Å². The number of hydrogen-bond donors (Lipinski definition) is 0. The minimum absolute atomic E-state index is 0.0768. The summed E-state index contributed by atoms with van der Waals surface area (Å²) in [4.78, 5) is 16.7. The number of carbonyl (C=O) groups excluding carboxylic acids is 1. The Morgan fingerprint density at radius 2 is 1.50 bits per heavy atom. The first-order valence-corrected chi connectivity index (χ1v) is 12.5. The molecule has 0 radical (unpaired) electrons. The Labute approximate surface area is 205 Å². The van der Waals surface area contributed by atoms with Crippen molar-refractivity contribution in [3.8, 4) is 16.9 Å². The molecular formula is C31H39NO2. The van der Waals surface area contributed by atoms with E-state index in [4.69, 9.17) is 4.74 Å². The first-order valence-electron chi connectivity index (χ1n) is 12.5. The molecule has 0 unspecified atom stereocenters. The fourth-order valence-corrected chi connectivity index (χ4v) is 4.52. The van der Waals surface area contributed by atoms with Gasteiger partial charge in [-0.25, -0.2) is 0 Å². The zero-order valence-corrected chi connectivity index (χ0v) is 21.9. The van der Waals surface area contributed by atoms with Crippen LogP contribution in [0.25, 0.3) is 11.1 Å². The maximum atomic E-state index is 12.3. The van der Waals surface area contributed by atoms with Crippen molar-refractivity contribution in [3.63, 3.8) is 0 Å². The van der Waals surface area contributed by atoms with Gasteiger partial charge in [0.15, 0.2) is 5.78 Å². The lowest BCUT2D eigenvalue weighted by Gasteiger charge is -2.34. The summed E-state index contributed by atoms with van der Waals surface area (Å²) in [6.45, 7) is 14.6. The molecule has 0 bridgehead atoms. The summed E-state index contributed by atoms with van der Waals surface area (Å²) in [5.41, 5.74) is 6.79. The van der Waals surface area contributed by atoms with Gasteiger partial charge in [0.05, 0.1) is 0 Å². The van der Waals surface area contributed by atoms with Crippen LogP contribution in [-0.2, 0) is 16.6 Å². The van der Waals surface area contributed by atoms with Crippen LogP contribution in [0.2, 0.25) is 0 Å². The maximum Gasteiger partial charge on any atom is 0.175 e. The second-order valence-electron chi connectivity index (χ2n) is 10.2. The van der Waals surface area contributed by atoms with E-state index in [1.807, 2.05) is 39.2 Å². The van der Waals surface area contributed by atoms with Crippen molar-refractivity contribution in [2.45, 2.75) is 73.1 Å². The van der Waals surface area contributed by atoms with E-state index in [1.165, 1.54) is 22.3 Å². The van der Waals surface area contributed by atoms with Crippen LogP contribution in [0, 0.1) is 12.3 Å². The third-order valence-electron chi connectivity index (χ3n) is 7.10. The first-order chi connectivity index (χ1) is 16.1. The second-order valence-corrected chi connectivity index (χ2v) is 10.2. The van der Waals surface area contributed by atoms with E-state index >= 15 is 0 Å². The molecule has 3 nitrogen and oxygen atoms in total. The number of nitrogens with zero attached hydrogens (tertiary/aromatic N) is 1. The van der Waals surface area contributed by atoms with Gasteiger partial charge >= 0.3 is 0 Å². The summed E-state index contributed by atoms with van der Waals surface area (Å²) >= 11 is 0. The highest BCUT2D eigenvalue weighted by Gasteiger charge is 2.31. The average molecular weight is 458 g/mol. The molecule has 0 saturated heterocycles. The SMILES string of the molecule is CCc1cncc(-c2ccc(C(CC)(CC)c3ccc(OCC(=O)C(C)(C)C)c(C)c3)cc2)c1. The molecule has 3 rings (SSSR count). The third-order valence-corrected chi connectivity index (χ3v) is 7.10. The molecule has 0 atom stereocenters. The van der Waals surface area contributed by atoms with Gasteiger partial charge in [-0.05, 0) is 66.1 Å². The molecule has 0 aliphatic rings. The number of ether oxygens (including phenoxy) is 1. The van der Waals surface area contributed by atoms with Gasteiger partial charge in [-0.2, -0.15) is 0 Å². The van der Waals surface area contributed by atoms with Crippen LogP contribution >= 0.6 is 0 Å². The molecule has 3 aromatic rings. The molecule has 1 heterocycles. The van der Waals surface area contributed by atoms with Gasteiger partial charge in [0, 0.05) is 28.8 Å². The van der Waals surface area contributed by atoms with Crippen LogP contribution in [0.1, 0.15) is 76.6 Å². The summed E-state index contributed by atoms with van der Waals surface area (Å²) in [6.07, 6.45) is 6.85. The molecule has 2 aromatic carbocycles. The van der Waals surface area contributed by atoms with Gasteiger partial charge in [-0.3, -0.25) is 9.78 Å². The lowest BCUT2D eigenvalue weighted by Crippen LogP contribution is -2.27. The standard InChI is InChI=1S/C31H39NO2/c1-8-23-18-25(20-32-19-23)24-11-13-26(14-12-24)31(9-2,10-3)27-15-16-28(22(4)17-27)34-21-29(33)30(5,6)7/h11-20H,8-10,21H2,1-7H3. The van der Waals surface area contributed by atoms with Crippen molar-refractivity contribution in [1.82, 2.24) is 4.98 Å². The van der Waals surface area contributed by atoms with E-state index in [1.54, 1.807) is 0 Å². The van der Waals surface area contributed by atoms with Gasteiger partial charge in [0.1, 0.15) is 12.4 Å². The Bertz CT molecular complexity index is 1120. The fourth-order valence-electron chi connectivity index (χ4n) is 4.52. The van der Waals surface area contributed by atoms with E-state index in [-0.39, 0.29) is 17.8 Å². The summed E-state index contributed by atoms with van der Waals surface area (Å²) in [6, 6.07) is 17.6. The smallest absolute Gasteiger partial charge is 0.175 e. The Hall–Kier alpha value is -2.94. The minimum Gasteiger partial charge on any atom is -0.486 e. The zero-order valence-electron chi connectivity index (χ0n) is 21.9. The molecule has 180 valence electrons. The number of rotatable bonds is 9. The highest BCUT2D eigenvalue weighted by atomic mass is 16.5. The molecule has 0 N–H and O–H groups in total. The third kappa shape index (κ3) is 5.41. The first kappa shape index (κ1) is 25.7. The van der Waals surface area contributed by atoms with E-state index in [0.717, 1.165) is 36.1 Å².